The Balaban J connectivity index is 1.97. The van der Waals surface area contributed by atoms with Gasteiger partial charge in [-0.15, -0.1) is 0 Å². The molecule has 2 aromatic rings. The quantitative estimate of drug-likeness (QED) is 0.714. The van der Waals surface area contributed by atoms with Gasteiger partial charge in [-0.3, -0.25) is 4.79 Å². The third-order valence-electron chi connectivity index (χ3n) is 3.47. The zero-order valence-electron chi connectivity index (χ0n) is 14.2. The molecule has 134 valence electrons. The normalized spacial score (nSPS) is 11.5. The highest BCUT2D eigenvalue weighted by molar-refractivity contribution is 7.99. The molecular formula is C17H21N3O3S2. The third-order valence-corrected chi connectivity index (χ3v) is 6.48. The van der Waals surface area contributed by atoms with Crippen LogP contribution in [-0.2, 0) is 14.8 Å². The second kappa shape index (κ2) is 8.98. The van der Waals surface area contributed by atoms with E-state index >= 15 is 0 Å². The number of benzene rings is 1. The number of hydrogen-bond donors (Lipinski definition) is 1. The number of nitrogens with one attached hydrogen (secondary N) is 1. The van der Waals surface area contributed by atoms with Crippen LogP contribution in [0.1, 0.15) is 13.8 Å². The molecule has 1 aromatic carbocycles. The van der Waals surface area contributed by atoms with E-state index in [-0.39, 0.29) is 16.6 Å². The van der Waals surface area contributed by atoms with Gasteiger partial charge in [0, 0.05) is 25.0 Å². The lowest BCUT2D eigenvalue weighted by Crippen LogP contribution is -2.30. The van der Waals surface area contributed by atoms with E-state index in [0.29, 0.717) is 18.8 Å². The Kier molecular flexibility index (Phi) is 6.98. The Morgan fingerprint density at radius 2 is 1.80 bits per heavy atom. The Labute approximate surface area is 152 Å². The molecule has 0 saturated heterocycles. The maximum atomic E-state index is 12.4. The molecule has 2 rings (SSSR count). The number of aromatic nitrogens is 1. The van der Waals surface area contributed by atoms with Crippen molar-refractivity contribution in [2.45, 2.75) is 23.8 Å². The summed E-state index contributed by atoms with van der Waals surface area (Å²) in [7, 11) is -3.48. The number of sulfonamides is 1. The third kappa shape index (κ3) is 5.29. The van der Waals surface area contributed by atoms with Gasteiger partial charge in [0.2, 0.25) is 15.9 Å². The van der Waals surface area contributed by atoms with E-state index in [4.69, 9.17) is 0 Å². The van der Waals surface area contributed by atoms with Crippen LogP contribution in [-0.4, -0.2) is 42.5 Å². The predicted octanol–water partition coefficient (Wildman–Crippen LogP) is 2.84. The van der Waals surface area contributed by atoms with Gasteiger partial charge in [0.05, 0.1) is 15.7 Å². The van der Waals surface area contributed by atoms with Crippen molar-refractivity contribution in [3.05, 3.63) is 48.7 Å². The fourth-order valence-corrected chi connectivity index (χ4v) is 4.31. The standard InChI is InChI=1S/C17H21N3O3S2/c1-3-20(4-2)25(22,23)15-10-8-14(9-11-15)19-16(21)13-24-17-7-5-6-12-18-17/h5-12H,3-4,13H2,1-2H3,(H,19,21). The van der Waals surface area contributed by atoms with E-state index in [1.54, 1.807) is 32.2 Å². The van der Waals surface area contributed by atoms with Gasteiger partial charge in [-0.2, -0.15) is 4.31 Å². The summed E-state index contributed by atoms with van der Waals surface area (Å²) in [5, 5.41) is 3.53. The summed E-state index contributed by atoms with van der Waals surface area (Å²) in [6.07, 6.45) is 1.68. The second-order valence-corrected chi connectivity index (χ2v) is 8.05. The Hall–Kier alpha value is -1.90. The Morgan fingerprint density at radius 3 is 2.36 bits per heavy atom. The topological polar surface area (TPSA) is 79.4 Å². The molecule has 8 heteroatoms. The largest absolute Gasteiger partial charge is 0.325 e. The summed E-state index contributed by atoms with van der Waals surface area (Å²) < 4.78 is 26.2. The van der Waals surface area contributed by atoms with Crippen LogP contribution in [0.5, 0.6) is 0 Å². The number of hydrogen-bond acceptors (Lipinski definition) is 5. The van der Waals surface area contributed by atoms with Crippen molar-refractivity contribution < 1.29 is 13.2 Å². The molecule has 0 bridgehead atoms. The molecule has 0 atom stereocenters. The molecule has 0 aliphatic carbocycles. The van der Waals surface area contributed by atoms with Gasteiger partial charge in [-0.05, 0) is 36.4 Å². The van der Waals surface area contributed by atoms with Crippen molar-refractivity contribution in [3.8, 4) is 0 Å². The molecule has 1 heterocycles. The minimum atomic E-state index is -3.48. The maximum absolute atomic E-state index is 12.4. The predicted molar refractivity (Wildman–Crippen MR) is 100 cm³/mol. The number of pyridine rings is 1. The van der Waals surface area contributed by atoms with Crippen LogP contribution in [0.15, 0.2) is 58.6 Å². The summed E-state index contributed by atoms with van der Waals surface area (Å²) in [4.78, 5) is 16.3. The number of amides is 1. The summed E-state index contributed by atoms with van der Waals surface area (Å²) in [5.74, 6) is 0.0614. The number of carbonyl (C=O) groups excluding carboxylic acids is 1. The number of nitrogens with zero attached hydrogens (tertiary/aromatic N) is 2. The minimum absolute atomic E-state index is 0.171. The molecule has 0 unspecified atom stereocenters. The van der Waals surface area contributed by atoms with Gasteiger partial charge in [0.25, 0.3) is 0 Å². The molecule has 0 spiro atoms. The van der Waals surface area contributed by atoms with E-state index < -0.39 is 10.0 Å². The fourth-order valence-electron chi connectivity index (χ4n) is 2.19. The number of anilines is 1. The highest BCUT2D eigenvalue weighted by atomic mass is 32.2. The van der Waals surface area contributed by atoms with Crippen molar-refractivity contribution in [2.24, 2.45) is 0 Å². The summed E-state index contributed by atoms with van der Waals surface area (Å²) >= 11 is 1.34. The smallest absolute Gasteiger partial charge is 0.243 e. The first-order chi connectivity index (χ1) is 12.0. The van der Waals surface area contributed by atoms with Crippen molar-refractivity contribution in [1.82, 2.24) is 9.29 Å². The average molecular weight is 380 g/mol. The zero-order valence-corrected chi connectivity index (χ0v) is 15.8. The van der Waals surface area contributed by atoms with Crippen molar-refractivity contribution in [1.29, 1.82) is 0 Å². The van der Waals surface area contributed by atoms with Gasteiger partial charge in [-0.25, -0.2) is 13.4 Å². The summed E-state index contributed by atoms with van der Waals surface area (Å²) in [6.45, 7) is 4.44. The molecule has 0 fully saturated rings. The first-order valence-corrected chi connectivity index (χ1v) is 10.3. The molecule has 6 nitrogen and oxygen atoms in total. The molecule has 0 aliphatic rings. The fraction of sp³-hybridized carbons (Fsp3) is 0.294. The summed E-state index contributed by atoms with van der Waals surface area (Å²) in [6, 6.07) is 11.7. The SMILES string of the molecule is CCN(CC)S(=O)(=O)c1ccc(NC(=O)CSc2ccccn2)cc1. The van der Waals surface area contributed by atoms with E-state index in [9.17, 15) is 13.2 Å². The molecule has 1 aromatic heterocycles. The van der Waals surface area contributed by atoms with Crippen LogP contribution in [0, 0.1) is 0 Å². The van der Waals surface area contributed by atoms with Crippen LogP contribution >= 0.6 is 11.8 Å². The molecule has 0 saturated carbocycles. The number of thioether (sulfide) groups is 1. The minimum Gasteiger partial charge on any atom is -0.325 e. The van der Waals surface area contributed by atoms with E-state index in [0.717, 1.165) is 5.03 Å². The maximum Gasteiger partial charge on any atom is 0.243 e. The lowest BCUT2D eigenvalue weighted by Gasteiger charge is -2.18. The van der Waals surface area contributed by atoms with Gasteiger partial charge < -0.3 is 5.32 Å². The van der Waals surface area contributed by atoms with Crippen LogP contribution in [0.2, 0.25) is 0 Å². The molecule has 0 radical (unpaired) electrons. The molecule has 1 amide bonds. The first kappa shape index (κ1) is 19.4. The van der Waals surface area contributed by atoms with Gasteiger partial charge in [-0.1, -0.05) is 31.7 Å². The highest BCUT2D eigenvalue weighted by Crippen LogP contribution is 2.19. The zero-order chi connectivity index (χ0) is 18.3. The lowest BCUT2D eigenvalue weighted by atomic mass is 10.3. The Bertz CT molecular complexity index is 790. The van der Waals surface area contributed by atoms with Gasteiger partial charge in [0.15, 0.2) is 0 Å². The average Bonchev–Trinajstić information content (AvgIpc) is 2.62. The molecule has 0 aliphatic heterocycles. The monoisotopic (exact) mass is 379 g/mol. The van der Waals surface area contributed by atoms with Crippen LogP contribution < -0.4 is 5.32 Å². The molecule has 25 heavy (non-hydrogen) atoms. The summed E-state index contributed by atoms with van der Waals surface area (Å²) in [5.41, 5.74) is 0.560. The van der Waals surface area contributed by atoms with Crippen molar-refractivity contribution in [2.75, 3.05) is 24.2 Å². The van der Waals surface area contributed by atoms with E-state index in [2.05, 4.69) is 10.3 Å². The van der Waals surface area contributed by atoms with Gasteiger partial charge >= 0.3 is 0 Å². The number of carbonyl (C=O) groups is 1. The van der Waals surface area contributed by atoms with E-state index in [1.807, 2.05) is 18.2 Å². The molecular weight excluding hydrogens is 358 g/mol. The van der Waals surface area contributed by atoms with Gasteiger partial charge in [0.1, 0.15) is 0 Å². The molecule has 1 N–H and O–H groups in total. The van der Waals surface area contributed by atoms with Crippen molar-refractivity contribution >= 4 is 33.4 Å². The van der Waals surface area contributed by atoms with E-state index in [1.165, 1.54) is 28.2 Å². The number of rotatable bonds is 8. The Morgan fingerprint density at radius 1 is 1.12 bits per heavy atom. The highest BCUT2D eigenvalue weighted by Gasteiger charge is 2.21. The lowest BCUT2D eigenvalue weighted by molar-refractivity contribution is -0.113. The van der Waals surface area contributed by atoms with Crippen LogP contribution in [0.3, 0.4) is 0 Å². The van der Waals surface area contributed by atoms with Crippen LogP contribution in [0.25, 0.3) is 0 Å². The van der Waals surface area contributed by atoms with Crippen molar-refractivity contribution in [3.63, 3.8) is 0 Å². The van der Waals surface area contributed by atoms with Crippen LogP contribution in [0.4, 0.5) is 5.69 Å². The second-order valence-electron chi connectivity index (χ2n) is 5.12. The first-order valence-electron chi connectivity index (χ1n) is 7.91.